The molecule has 0 aromatic rings. The van der Waals surface area contributed by atoms with Crippen molar-refractivity contribution >= 4 is 0 Å². The van der Waals surface area contributed by atoms with Gasteiger partial charge in [-0.2, -0.15) is 0 Å². The topological polar surface area (TPSA) is 29.5 Å². The lowest BCUT2D eigenvalue weighted by Crippen LogP contribution is -2.29. The van der Waals surface area contributed by atoms with E-state index in [1.807, 2.05) is 0 Å². The molecule has 0 amide bonds. The molecule has 2 heteroatoms. The first kappa shape index (κ1) is 8.02. The quantitative estimate of drug-likeness (QED) is 0.452. The fourth-order valence-corrected chi connectivity index (χ4v) is 1.65. The largest absolute Gasteiger partial charge is 0.252 e. The van der Waals surface area contributed by atoms with Crippen LogP contribution in [0.15, 0.2) is 0 Å². The minimum atomic E-state index is 0.0440. The van der Waals surface area contributed by atoms with E-state index in [4.69, 9.17) is 5.26 Å². The first-order valence-electron chi connectivity index (χ1n) is 3.89. The summed E-state index contributed by atoms with van der Waals surface area (Å²) >= 11 is 0. The molecule has 0 aliphatic heterocycles. The van der Waals surface area contributed by atoms with Crippen molar-refractivity contribution in [3.63, 3.8) is 0 Å². The molecule has 1 N–H and O–H groups in total. The average Bonchev–Trinajstić information content (AvgIpc) is 2.10. The van der Waals surface area contributed by atoms with Crippen LogP contribution in [0.25, 0.3) is 0 Å². The van der Waals surface area contributed by atoms with E-state index in [-0.39, 0.29) is 11.5 Å². The molecule has 0 aromatic heterocycles. The third-order valence-electron chi connectivity index (χ3n) is 3.09. The molecule has 0 bridgehead atoms. The van der Waals surface area contributed by atoms with Crippen molar-refractivity contribution < 1.29 is 10.1 Å². The van der Waals surface area contributed by atoms with E-state index >= 15 is 0 Å². The van der Waals surface area contributed by atoms with Gasteiger partial charge in [-0.05, 0) is 24.2 Å². The summed E-state index contributed by atoms with van der Waals surface area (Å²) in [5.74, 6) is 0.657. The molecule has 0 saturated heterocycles. The molecule has 1 aliphatic carbocycles. The van der Waals surface area contributed by atoms with E-state index in [9.17, 15) is 0 Å². The summed E-state index contributed by atoms with van der Waals surface area (Å²) in [5.41, 5.74) is 0.148. The average molecular weight is 144 g/mol. The molecule has 0 radical (unpaired) electrons. The Balaban J connectivity index is 2.64. The Morgan fingerprint density at radius 1 is 1.40 bits per heavy atom. The Labute approximate surface area is 62.1 Å². The molecule has 60 valence electrons. The normalized spacial score (nSPS) is 38.4. The molecule has 1 saturated carbocycles. The van der Waals surface area contributed by atoms with Gasteiger partial charge in [0.25, 0.3) is 0 Å². The van der Waals surface area contributed by atoms with Crippen LogP contribution in [0.5, 0.6) is 0 Å². The van der Waals surface area contributed by atoms with Crippen molar-refractivity contribution in [2.24, 2.45) is 11.3 Å². The highest BCUT2D eigenvalue weighted by Gasteiger charge is 2.41. The standard InChI is InChI=1S/C8H16O2/c1-6-4-5-7(10-9)8(6,2)3/h6-7,9H,4-5H2,1-3H3/t6-,7+/m0/s1. The molecule has 0 heterocycles. The molecular weight excluding hydrogens is 128 g/mol. The van der Waals surface area contributed by atoms with Crippen LogP contribution in [-0.2, 0) is 4.89 Å². The third-order valence-corrected chi connectivity index (χ3v) is 3.09. The maximum Gasteiger partial charge on any atom is 0.0980 e. The summed E-state index contributed by atoms with van der Waals surface area (Å²) in [4.78, 5) is 4.40. The van der Waals surface area contributed by atoms with Crippen LogP contribution in [-0.4, -0.2) is 11.4 Å². The van der Waals surface area contributed by atoms with Gasteiger partial charge in [-0.15, -0.1) is 0 Å². The monoisotopic (exact) mass is 144 g/mol. The maximum absolute atomic E-state index is 8.52. The lowest BCUT2D eigenvalue weighted by molar-refractivity contribution is -0.297. The maximum atomic E-state index is 8.52. The molecule has 0 unspecified atom stereocenters. The van der Waals surface area contributed by atoms with Crippen molar-refractivity contribution in [2.45, 2.75) is 39.7 Å². The van der Waals surface area contributed by atoms with Crippen LogP contribution in [0, 0.1) is 11.3 Å². The lowest BCUT2D eigenvalue weighted by Gasteiger charge is -2.28. The van der Waals surface area contributed by atoms with Gasteiger partial charge in [0.05, 0.1) is 6.10 Å². The summed E-state index contributed by atoms with van der Waals surface area (Å²) in [6.45, 7) is 6.50. The van der Waals surface area contributed by atoms with Crippen molar-refractivity contribution in [3.05, 3.63) is 0 Å². The van der Waals surface area contributed by atoms with Gasteiger partial charge >= 0.3 is 0 Å². The van der Waals surface area contributed by atoms with Crippen LogP contribution in [0.2, 0.25) is 0 Å². The summed E-state index contributed by atoms with van der Waals surface area (Å²) in [5, 5.41) is 8.52. The fraction of sp³-hybridized carbons (Fsp3) is 1.00. The second kappa shape index (κ2) is 2.51. The van der Waals surface area contributed by atoms with Crippen molar-refractivity contribution in [1.82, 2.24) is 0 Å². The number of rotatable bonds is 1. The Hall–Kier alpha value is -0.0800. The summed E-state index contributed by atoms with van der Waals surface area (Å²) in [7, 11) is 0. The van der Waals surface area contributed by atoms with Crippen molar-refractivity contribution in [1.29, 1.82) is 0 Å². The highest BCUT2D eigenvalue weighted by molar-refractivity contribution is 4.90. The highest BCUT2D eigenvalue weighted by Crippen LogP contribution is 2.43. The minimum Gasteiger partial charge on any atom is -0.252 e. The van der Waals surface area contributed by atoms with Crippen LogP contribution in [0.3, 0.4) is 0 Å². The second-order valence-electron chi connectivity index (χ2n) is 3.89. The molecule has 0 spiro atoms. The zero-order chi connectivity index (χ0) is 7.78. The van der Waals surface area contributed by atoms with E-state index < -0.39 is 0 Å². The van der Waals surface area contributed by atoms with E-state index in [0.29, 0.717) is 5.92 Å². The van der Waals surface area contributed by atoms with Crippen molar-refractivity contribution in [2.75, 3.05) is 0 Å². The lowest BCUT2D eigenvalue weighted by atomic mass is 9.82. The molecule has 0 aromatic carbocycles. The van der Waals surface area contributed by atoms with Gasteiger partial charge in [0.15, 0.2) is 0 Å². The Morgan fingerprint density at radius 3 is 2.20 bits per heavy atom. The summed E-state index contributed by atoms with van der Waals surface area (Å²) < 4.78 is 0. The van der Waals surface area contributed by atoms with Crippen LogP contribution in [0.4, 0.5) is 0 Å². The number of hydrogen-bond acceptors (Lipinski definition) is 2. The molecular formula is C8H16O2. The molecule has 2 atom stereocenters. The molecule has 1 aliphatic rings. The summed E-state index contributed by atoms with van der Waals surface area (Å²) in [6.07, 6.45) is 2.20. The SMILES string of the molecule is C[C@H]1CC[C@@H](OO)C1(C)C. The van der Waals surface area contributed by atoms with Crippen molar-refractivity contribution in [3.8, 4) is 0 Å². The van der Waals surface area contributed by atoms with Gasteiger partial charge in [-0.3, -0.25) is 5.26 Å². The second-order valence-corrected chi connectivity index (χ2v) is 3.89. The molecule has 10 heavy (non-hydrogen) atoms. The van der Waals surface area contributed by atoms with E-state index in [1.165, 1.54) is 0 Å². The fourth-order valence-electron chi connectivity index (χ4n) is 1.65. The Bertz CT molecular complexity index is 120. The van der Waals surface area contributed by atoms with Gasteiger partial charge < -0.3 is 0 Å². The molecule has 2 nitrogen and oxygen atoms in total. The first-order chi connectivity index (χ1) is 4.59. The Kier molecular flexibility index (Phi) is 2.02. The Morgan fingerprint density at radius 2 is 2.00 bits per heavy atom. The highest BCUT2D eigenvalue weighted by atomic mass is 17.1. The van der Waals surface area contributed by atoms with Crippen LogP contribution in [0.1, 0.15) is 33.6 Å². The summed E-state index contributed by atoms with van der Waals surface area (Å²) in [6, 6.07) is 0. The van der Waals surface area contributed by atoms with Gasteiger partial charge in [-0.25, -0.2) is 4.89 Å². The smallest absolute Gasteiger partial charge is 0.0980 e. The zero-order valence-corrected chi connectivity index (χ0v) is 6.92. The van der Waals surface area contributed by atoms with Gasteiger partial charge in [-0.1, -0.05) is 20.8 Å². The van der Waals surface area contributed by atoms with Crippen LogP contribution < -0.4 is 0 Å². The van der Waals surface area contributed by atoms with E-state index in [0.717, 1.165) is 12.8 Å². The van der Waals surface area contributed by atoms with E-state index in [1.54, 1.807) is 0 Å². The number of hydrogen-bond donors (Lipinski definition) is 1. The molecule has 1 fully saturated rings. The van der Waals surface area contributed by atoms with Gasteiger partial charge in [0.2, 0.25) is 0 Å². The van der Waals surface area contributed by atoms with Gasteiger partial charge in [0.1, 0.15) is 0 Å². The van der Waals surface area contributed by atoms with Gasteiger partial charge in [0, 0.05) is 0 Å². The molecule has 1 rings (SSSR count). The predicted molar refractivity (Wildman–Crippen MR) is 39.7 cm³/mol. The zero-order valence-electron chi connectivity index (χ0n) is 6.92. The third kappa shape index (κ3) is 1.06. The van der Waals surface area contributed by atoms with E-state index in [2.05, 4.69) is 25.7 Å². The minimum absolute atomic E-state index is 0.0440. The predicted octanol–water partition coefficient (Wildman–Crippen LogP) is 2.30. The van der Waals surface area contributed by atoms with Crippen LogP contribution >= 0.6 is 0 Å². The first-order valence-corrected chi connectivity index (χ1v) is 3.89.